The van der Waals surface area contributed by atoms with E-state index in [1.54, 1.807) is 36.3 Å². The zero-order valence-electron chi connectivity index (χ0n) is 20.1. The summed E-state index contributed by atoms with van der Waals surface area (Å²) in [6.45, 7) is 1.13. The molecule has 0 aliphatic carbocycles. The predicted molar refractivity (Wildman–Crippen MR) is 137 cm³/mol. The van der Waals surface area contributed by atoms with Crippen LogP contribution in [0.15, 0.2) is 72.8 Å². The van der Waals surface area contributed by atoms with Gasteiger partial charge in [-0.05, 0) is 66.6 Å². The highest BCUT2D eigenvalue weighted by Crippen LogP contribution is 2.31. The van der Waals surface area contributed by atoms with Crippen molar-refractivity contribution >= 4 is 17.6 Å². The van der Waals surface area contributed by atoms with Crippen molar-refractivity contribution in [3.05, 3.63) is 95.3 Å². The van der Waals surface area contributed by atoms with Gasteiger partial charge in [-0.15, -0.1) is 0 Å². The van der Waals surface area contributed by atoms with Crippen molar-refractivity contribution in [2.45, 2.75) is 13.0 Å². The summed E-state index contributed by atoms with van der Waals surface area (Å²) in [4.78, 5) is 27.3. The van der Waals surface area contributed by atoms with Crippen LogP contribution < -0.4 is 15.0 Å². The van der Waals surface area contributed by atoms with Gasteiger partial charge in [0.1, 0.15) is 11.4 Å². The Morgan fingerprint density at radius 3 is 2.39 bits per heavy atom. The quantitative estimate of drug-likeness (QED) is 0.411. The van der Waals surface area contributed by atoms with Gasteiger partial charge in [0, 0.05) is 24.3 Å². The fourth-order valence-corrected chi connectivity index (χ4v) is 4.66. The van der Waals surface area contributed by atoms with Crippen molar-refractivity contribution in [2.75, 3.05) is 25.6 Å². The molecular weight excluding hydrogens is 456 g/mol. The molecule has 182 valence electrons. The van der Waals surface area contributed by atoms with E-state index in [4.69, 9.17) is 4.74 Å². The van der Waals surface area contributed by atoms with Crippen LogP contribution in [-0.4, -0.2) is 47.5 Å². The number of carbonyl (C=O) groups is 2. The first kappa shape index (κ1) is 23.3. The van der Waals surface area contributed by atoms with E-state index in [0.717, 1.165) is 23.4 Å². The van der Waals surface area contributed by atoms with E-state index in [1.807, 2.05) is 43.4 Å². The van der Waals surface area contributed by atoms with E-state index in [-0.39, 0.29) is 17.3 Å². The molecule has 36 heavy (non-hydrogen) atoms. The second kappa shape index (κ2) is 9.67. The zero-order chi connectivity index (χ0) is 25.2. The van der Waals surface area contributed by atoms with Crippen molar-refractivity contribution in [3.63, 3.8) is 0 Å². The average molecular weight is 483 g/mol. The van der Waals surface area contributed by atoms with Gasteiger partial charge in [0.25, 0.3) is 5.91 Å². The summed E-state index contributed by atoms with van der Waals surface area (Å²) in [6, 6.07) is 23.1. The molecule has 0 unspecified atom stereocenters. The molecular formula is C28H26N4O4. The minimum absolute atomic E-state index is 0.0923. The smallest absolute Gasteiger partial charge is 0.356 e. The van der Waals surface area contributed by atoms with Crippen LogP contribution in [0.4, 0.5) is 5.69 Å². The van der Waals surface area contributed by atoms with Crippen LogP contribution in [0.25, 0.3) is 16.8 Å². The molecule has 2 N–H and O–H groups in total. The van der Waals surface area contributed by atoms with E-state index in [2.05, 4.69) is 22.5 Å². The maximum absolute atomic E-state index is 13.7. The Labute approximate surface area is 208 Å². The number of methoxy groups -OCH3 is 1. The first-order chi connectivity index (χ1) is 17.5. The van der Waals surface area contributed by atoms with Crippen molar-refractivity contribution in [3.8, 4) is 22.6 Å². The minimum atomic E-state index is -1.15. The van der Waals surface area contributed by atoms with Crippen molar-refractivity contribution in [2.24, 2.45) is 0 Å². The van der Waals surface area contributed by atoms with E-state index in [1.165, 1.54) is 10.2 Å². The number of carbonyl (C=O) groups excluding carboxylic acids is 1. The van der Waals surface area contributed by atoms with E-state index in [0.29, 0.717) is 30.0 Å². The molecule has 5 rings (SSSR count). The molecule has 0 saturated carbocycles. The molecule has 3 aromatic carbocycles. The van der Waals surface area contributed by atoms with E-state index in [9.17, 15) is 14.7 Å². The number of nitrogens with one attached hydrogen (secondary N) is 1. The topological polar surface area (TPSA) is 96.7 Å². The zero-order valence-corrected chi connectivity index (χ0v) is 20.1. The van der Waals surface area contributed by atoms with E-state index >= 15 is 0 Å². The van der Waals surface area contributed by atoms with Crippen LogP contribution in [0.1, 0.15) is 32.1 Å². The number of ether oxygens (including phenoxy) is 1. The highest BCUT2D eigenvalue weighted by molar-refractivity contribution is 6.09. The van der Waals surface area contributed by atoms with Gasteiger partial charge in [-0.2, -0.15) is 5.10 Å². The van der Waals surface area contributed by atoms with Crippen LogP contribution in [0.3, 0.4) is 0 Å². The van der Waals surface area contributed by atoms with Crippen LogP contribution in [0.2, 0.25) is 0 Å². The van der Waals surface area contributed by atoms with Gasteiger partial charge < -0.3 is 20.1 Å². The number of hydrogen-bond donors (Lipinski definition) is 2. The predicted octanol–water partition coefficient (Wildman–Crippen LogP) is 4.17. The number of hydrogen-bond acceptors (Lipinski definition) is 5. The van der Waals surface area contributed by atoms with Crippen LogP contribution in [-0.2, 0) is 13.0 Å². The van der Waals surface area contributed by atoms with Gasteiger partial charge in [0.05, 0.1) is 12.8 Å². The molecule has 1 aliphatic rings. The summed E-state index contributed by atoms with van der Waals surface area (Å²) in [5.41, 5.74) is 5.36. The lowest BCUT2D eigenvalue weighted by Gasteiger charge is -2.28. The molecule has 1 amide bonds. The molecule has 0 fully saturated rings. The molecule has 2 heterocycles. The minimum Gasteiger partial charge on any atom is -0.497 e. The number of aromatic carboxylic acids is 1. The first-order valence-corrected chi connectivity index (χ1v) is 11.7. The molecule has 0 saturated heterocycles. The number of aromatic nitrogens is 2. The molecule has 0 radical (unpaired) electrons. The lowest BCUT2D eigenvalue weighted by molar-refractivity contribution is 0.0688. The molecule has 8 nitrogen and oxygen atoms in total. The first-order valence-electron chi connectivity index (χ1n) is 11.7. The Morgan fingerprint density at radius 1 is 1.03 bits per heavy atom. The third kappa shape index (κ3) is 4.12. The van der Waals surface area contributed by atoms with Gasteiger partial charge in [-0.25, -0.2) is 9.48 Å². The Bertz CT molecular complexity index is 1430. The lowest BCUT2D eigenvalue weighted by Crippen LogP contribution is -2.39. The van der Waals surface area contributed by atoms with Gasteiger partial charge in [-0.1, -0.05) is 36.4 Å². The Kier molecular flexibility index (Phi) is 6.26. The second-order valence-electron chi connectivity index (χ2n) is 8.53. The summed E-state index contributed by atoms with van der Waals surface area (Å²) >= 11 is 0. The molecule has 0 atom stereocenters. The third-order valence-corrected chi connectivity index (χ3v) is 6.41. The number of amides is 1. The van der Waals surface area contributed by atoms with Gasteiger partial charge in [-0.3, -0.25) is 4.79 Å². The SMILES string of the molecule is CNCc1ccccc1-c1ccc(N2CCc3c(C(=O)O)nn(-c4ccc(OC)cc4)c3C2=O)cc1. The van der Waals surface area contributed by atoms with Gasteiger partial charge in [0.2, 0.25) is 0 Å². The number of anilines is 1. The summed E-state index contributed by atoms with van der Waals surface area (Å²) in [5.74, 6) is -0.776. The molecule has 1 aromatic heterocycles. The molecule has 8 heteroatoms. The van der Waals surface area contributed by atoms with Crippen LogP contribution >= 0.6 is 0 Å². The van der Waals surface area contributed by atoms with Gasteiger partial charge in [0.15, 0.2) is 5.69 Å². The average Bonchev–Trinajstić information content (AvgIpc) is 3.31. The molecule has 1 aliphatic heterocycles. The molecule has 4 aromatic rings. The number of carboxylic acid groups (broad SMARTS) is 1. The molecule has 0 bridgehead atoms. The maximum Gasteiger partial charge on any atom is 0.356 e. The fourth-order valence-electron chi connectivity index (χ4n) is 4.66. The second-order valence-corrected chi connectivity index (χ2v) is 8.53. The van der Waals surface area contributed by atoms with Crippen molar-refractivity contribution in [1.82, 2.24) is 15.1 Å². The summed E-state index contributed by atoms with van der Waals surface area (Å²) in [7, 11) is 3.49. The standard InChI is InChI=1S/C28H26N4O4/c1-29-17-19-5-3-4-6-23(19)18-7-9-20(10-8-18)31-16-15-24-25(28(34)35)30-32(26(24)27(31)33)21-11-13-22(36-2)14-12-21/h3-14,29H,15-17H2,1-2H3,(H,34,35). The Hall–Kier alpha value is -4.43. The maximum atomic E-state index is 13.7. The number of nitrogens with zero attached hydrogens (tertiary/aromatic N) is 3. The Morgan fingerprint density at radius 2 is 1.72 bits per heavy atom. The lowest BCUT2D eigenvalue weighted by atomic mass is 9.98. The Balaban J connectivity index is 1.50. The summed E-state index contributed by atoms with van der Waals surface area (Å²) < 4.78 is 6.64. The number of fused-ring (bicyclic) bond motifs is 1. The number of carboxylic acids is 1. The van der Waals surface area contributed by atoms with Crippen molar-refractivity contribution < 1.29 is 19.4 Å². The van der Waals surface area contributed by atoms with Crippen LogP contribution in [0.5, 0.6) is 5.75 Å². The third-order valence-electron chi connectivity index (χ3n) is 6.41. The van der Waals surface area contributed by atoms with E-state index < -0.39 is 5.97 Å². The largest absolute Gasteiger partial charge is 0.497 e. The monoisotopic (exact) mass is 482 g/mol. The fraction of sp³-hybridized carbons (Fsp3) is 0.179. The van der Waals surface area contributed by atoms with Crippen molar-refractivity contribution in [1.29, 1.82) is 0 Å². The normalized spacial score (nSPS) is 12.9. The summed E-state index contributed by atoms with van der Waals surface area (Å²) in [5, 5.41) is 17.2. The van der Waals surface area contributed by atoms with Gasteiger partial charge >= 0.3 is 5.97 Å². The summed E-state index contributed by atoms with van der Waals surface area (Å²) in [6.07, 6.45) is 0.394. The molecule has 0 spiro atoms. The highest BCUT2D eigenvalue weighted by atomic mass is 16.5. The van der Waals surface area contributed by atoms with Crippen LogP contribution in [0, 0.1) is 0 Å². The number of benzene rings is 3. The highest BCUT2D eigenvalue weighted by Gasteiger charge is 2.35. The number of rotatable bonds is 7.